The van der Waals surface area contributed by atoms with Gasteiger partial charge in [-0.1, -0.05) is 0 Å². The maximum absolute atomic E-state index is 6.28. The van der Waals surface area contributed by atoms with Crippen LogP contribution in [0.3, 0.4) is 0 Å². The Morgan fingerprint density at radius 1 is 1.48 bits per heavy atom. The molecule has 3 heterocycles. The zero-order chi connectivity index (χ0) is 14.8. The van der Waals surface area contributed by atoms with Crippen LogP contribution in [0.25, 0.3) is 11.2 Å². The van der Waals surface area contributed by atoms with E-state index in [1.54, 1.807) is 7.11 Å². The van der Waals surface area contributed by atoms with Gasteiger partial charge in [-0.05, 0) is 32.3 Å². The molecule has 0 saturated carbocycles. The highest BCUT2D eigenvalue weighted by molar-refractivity contribution is 6.20. The molecular formula is C15H20ClN3O2. The fraction of sp³-hybridized carbons (Fsp3) is 0.600. The van der Waals surface area contributed by atoms with E-state index in [0.717, 1.165) is 49.4 Å². The molecule has 3 rings (SSSR count). The van der Waals surface area contributed by atoms with Crippen LogP contribution in [0.2, 0.25) is 0 Å². The molecule has 2 aromatic heterocycles. The zero-order valence-electron chi connectivity index (χ0n) is 12.4. The fourth-order valence-corrected chi connectivity index (χ4v) is 2.95. The summed E-state index contributed by atoms with van der Waals surface area (Å²) >= 11 is 6.28. The Balaban J connectivity index is 1.93. The van der Waals surface area contributed by atoms with Crippen molar-refractivity contribution < 1.29 is 9.47 Å². The van der Waals surface area contributed by atoms with Gasteiger partial charge in [0.2, 0.25) is 5.88 Å². The summed E-state index contributed by atoms with van der Waals surface area (Å²) in [7, 11) is 1.62. The van der Waals surface area contributed by atoms with Crippen LogP contribution in [-0.2, 0) is 11.3 Å². The van der Waals surface area contributed by atoms with Crippen molar-refractivity contribution in [2.75, 3.05) is 13.7 Å². The second-order valence-electron chi connectivity index (χ2n) is 5.36. The van der Waals surface area contributed by atoms with Gasteiger partial charge in [0.25, 0.3) is 0 Å². The number of fused-ring (bicyclic) bond motifs is 1. The molecule has 2 aromatic rings. The number of aromatic nitrogens is 3. The summed E-state index contributed by atoms with van der Waals surface area (Å²) in [4.78, 5) is 9.13. The number of methoxy groups -OCH3 is 1. The smallest absolute Gasteiger partial charge is 0.215 e. The average molecular weight is 310 g/mol. The van der Waals surface area contributed by atoms with Crippen LogP contribution in [0.4, 0.5) is 0 Å². The first-order valence-corrected chi connectivity index (χ1v) is 7.79. The lowest BCUT2D eigenvalue weighted by Gasteiger charge is -2.13. The molecule has 0 aromatic carbocycles. The van der Waals surface area contributed by atoms with Gasteiger partial charge < -0.3 is 14.0 Å². The first-order chi connectivity index (χ1) is 10.2. The Hall–Kier alpha value is -1.33. The van der Waals surface area contributed by atoms with E-state index in [-0.39, 0.29) is 5.38 Å². The van der Waals surface area contributed by atoms with Crippen LogP contribution in [-0.4, -0.2) is 34.4 Å². The monoisotopic (exact) mass is 309 g/mol. The minimum absolute atomic E-state index is 0.158. The maximum atomic E-state index is 6.28. The van der Waals surface area contributed by atoms with Crippen molar-refractivity contribution in [3.63, 3.8) is 0 Å². The summed E-state index contributed by atoms with van der Waals surface area (Å²) in [6.45, 7) is 3.62. The van der Waals surface area contributed by atoms with Gasteiger partial charge in [0.15, 0.2) is 5.65 Å². The Labute approximate surface area is 129 Å². The lowest BCUT2D eigenvalue weighted by atomic mass is 10.2. The van der Waals surface area contributed by atoms with E-state index < -0.39 is 0 Å². The third-order valence-corrected chi connectivity index (χ3v) is 4.05. The van der Waals surface area contributed by atoms with E-state index in [1.807, 2.05) is 19.1 Å². The summed E-state index contributed by atoms with van der Waals surface area (Å²) in [5.74, 6) is 1.44. The van der Waals surface area contributed by atoms with Gasteiger partial charge in [0.1, 0.15) is 11.3 Å². The largest absolute Gasteiger partial charge is 0.481 e. The number of pyridine rings is 1. The normalized spacial score (nSPS) is 20.0. The van der Waals surface area contributed by atoms with Crippen LogP contribution in [0.1, 0.15) is 37.4 Å². The van der Waals surface area contributed by atoms with Crippen molar-refractivity contribution in [1.29, 1.82) is 0 Å². The fourth-order valence-electron chi connectivity index (χ4n) is 2.78. The quantitative estimate of drug-likeness (QED) is 0.795. The van der Waals surface area contributed by atoms with E-state index in [1.165, 1.54) is 0 Å². The van der Waals surface area contributed by atoms with E-state index in [2.05, 4.69) is 14.5 Å². The Morgan fingerprint density at radius 2 is 2.33 bits per heavy atom. The summed E-state index contributed by atoms with van der Waals surface area (Å²) in [6, 6.07) is 3.74. The summed E-state index contributed by atoms with van der Waals surface area (Å²) in [6.07, 6.45) is 3.59. The predicted molar refractivity (Wildman–Crippen MR) is 81.9 cm³/mol. The molecule has 5 nitrogen and oxygen atoms in total. The first-order valence-electron chi connectivity index (χ1n) is 7.36. The molecule has 2 unspecified atom stereocenters. The molecule has 0 N–H and O–H groups in total. The number of alkyl halides is 1. The van der Waals surface area contributed by atoms with Gasteiger partial charge in [-0.3, -0.25) is 0 Å². The SMILES string of the molecule is COc1ccc2nc(C(C)Cl)n(CCC3CCCO3)c2n1. The number of hydrogen-bond acceptors (Lipinski definition) is 4. The third kappa shape index (κ3) is 2.99. The van der Waals surface area contributed by atoms with Crippen molar-refractivity contribution in [2.24, 2.45) is 0 Å². The van der Waals surface area contributed by atoms with Gasteiger partial charge in [0, 0.05) is 19.2 Å². The number of nitrogens with zero attached hydrogens (tertiary/aromatic N) is 3. The van der Waals surface area contributed by atoms with Gasteiger partial charge in [0.05, 0.1) is 18.6 Å². The number of halogens is 1. The second-order valence-corrected chi connectivity index (χ2v) is 6.01. The number of rotatable bonds is 5. The molecule has 0 radical (unpaired) electrons. The number of aryl methyl sites for hydroxylation is 1. The minimum Gasteiger partial charge on any atom is -0.481 e. The number of imidazole rings is 1. The van der Waals surface area contributed by atoms with Crippen molar-refractivity contribution in [3.05, 3.63) is 18.0 Å². The van der Waals surface area contributed by atoms with Crippen LogP contribution < -0.4 is 4.74 Å². The molecular weight excluding hydrogens is 290 g/mol. The predicted octanol–water partition coefficient (Wildman–Crippen LogP) is 3.31. The average Bonchev–Trinajstić information content (AvgIpc) is 3.11. The molecule has 0 amide bonds. The molecule has 0 spiro atoms. The molecule has 1 saturated heterocycles. The highest BCUT2D eigenvalue weighted by Crippen LogP contribution is 2.26. The standard InChI is InChI=1S/C15H20ClN3O2/c1-10(16)14-17-12-5-6-13(20-2)18-15(12)19(14)8-7-11-4-3-9-21-11/h5-6,10-11H,3-4,7-9H2,1-2H3. The highest BCUT2D eigenvalue weighted by Gasteiger charge is 2.20. The van der Waals surface area contributed by atoms with Crippen LogP contribution in [0, 0.1) is 0 Å². The topological polar surface area (TPSA) is 49.2 Å². The summed E-state index contributed by atoms with van der Waals surface area (Å²) in [5.41, 5.74) is 1.68. The number of ether oxygens (including phenoxy) is 2. The molecule has 21 heavy (non-hydrogen) atoms. The molecule has 114 valence electrons. The van der Waals surface area contributed by atoms with E-state index in [9.17, 15) is 0 Å². The summed E-state index contributed by atoms with van der Waals surface area (Å²) in [5, 5.41) is -0.158. The Morgan fingerprint density at radius 3 is 3.00 bits per heavy atom. The van der Waals surface area contributed by atoms with Crippen LogP contribution in [0.5, 0.6) is 5.88 Å². The molecule has 0 bridgehead atoms. The lowest BCUT2D eigenvalue weighted by Crippen LogP contribution is -2.12. The highest BCUT2D eigenvalue weighted by atomic mass is 35.5. The molecule has 2 atom stereocenters. The molecule has 1 aliphatic heterocycles. The van der Waals surface area contributed by atoms with Gasteiger partial charge >= 0.3 is 0 Å². The number of hydrogen-bond donors (Lipinski definition) is 0. The van der Waals surface area contributed by atoms with Crippen LogP contribution >= 0.6 is 11.6 Å². The van der Waals surface area contributed by atoms with E-state index >= 15 is 0 Å². The Bertz CT molecular complexity index is 621. The molecule has 1 fully saturated rings. The lowest BCUT2D eigenvalue weighted by molar-refractivity contribution is 0.100. The molecule has 6 heteroatoms. The van der Waals surface area contributed by atoms with E-state index in [4.69, 9.17) is 21.1 Å². The Kier molecular flexibility index (Phi) is 4.31. The summed E-state index contributed by atoms with van der Waals surface area (Å²) < 4.78 is 13.0. The first kappa shape index (κ1) is 14.6. The van der Waals surface area contributed by atoms with E-state index in [0.29, 0.717) is 12.0 Å². The molecule has 0 aliphatic carbocycles. The van der Waals surface area contributed by atoms with Gasteiger partial charge in [-0.15, -0.1) is 11.6 Å². The van der Waals surface area contributed by atoms with Crippen LogP contribution in [0.15, 0.2) is 12.1 Å². The van der Waals surface area contributed by atoms with Gasteiger partial charge in [-0.2, -0.15) is 4.98 Å². The maximum Gasteiger partial charge on any atom is 0.215 e. The van der Waals surface area contributed by atoms with Crippen molar-refractivity contribution in [2.45, 2.75) is 44.2 Å². The zero-order valence-corrected chi connectivity index (χ0v) is 13.1. The van der Waals surface area contributed by atoms with Crippen molar-refractivity contribution >= 4 is 22.8 Å². The minimum atomic E-state index is -0.158. The van der Waals surface area contributed by atoms with Crippen molar-refractivity contribution in [3.8, 4) is 5.88 Å². The van der Waals surface area contributed by atoms with Crippen molar-refractivity contribution in [1.82, 2.24) is 14.5 Å². The third-order valence-electron chi connectivity index (χ3n) is 3.86. The van der Waals surface area contributed by atoms with Gasteiger partial charge in [-0.25, -0.2) is 4.98 Å². The molecule has 1 aliphatic rings. The second kappa shape index (κ2) is 6.20.